The largest absolute Gasteiger partial charge is 0.469 e. The summed E-state index contributed by atoms with van der Waals surface area (Å²) in [6.07, 6.45) is 1.72. The molecule has 0 amide bonds. The minimum absolute atomic E-state index is 0.00527. The van der Waals surface area contributed by atoms with Crippen molar-refractivity contribution in [3.05, 3.63) is 18.0 Å². The van der Waals surface area contributed by atoms with Gasteiger partial charge in [0, 0.05) is 12.2 Å². The van der Waals surface area contributed by atoms with Gasteiger partial charge in [0.25, 0.3) is 0 Å². The van der Waals surface area contributed by atoms with E-state index in [9.17, 15) is 9.59 Å². The lowest BCUT2D eigenvalue weighted by Crippen LogP contribution is -2.15. The molecule has 1 rings (SSSR count). The first-order valence-corrected chi connectivity index (χ1v) is 5.67. The van der Waals surface area contributed by atoms with Crippen molar-refractivity contribution < 1.29 is 19.1 Å². The van der Waals surface area contributed by atoms with E-state index >= 15 is 0 Å². The number of nitrogen functional groups attached to an aromatic ring is 1. The van der Waals surface area contributed by atoms with Gasteiger partial charge >= 0.3 is 11.9 Å². The first kappa shape index (κ1) is 14.1. The van der Waals surface area contributed by atoms with E-state index in [0.29, 0.717) is 11.4 Å². The number of carbonyl (C=O) groups is 2. The number of carbonyl (C=O) groups excluding carboxylic acids is 2. The Labute approximate surface area is 106 Å². The normalized spacial score (nSPS) is 10.4. The van der Waals surface area contributed by atoms with Crippen LogP contribution in [0.1, 0.15) is 36.8 Å². The van der Waals surface area contributed by atoms with Gasteiger partial charge in [-0.3, -0.25) is 4.79 Å². The highest BCUT2D eigenvalue weighted by atomic mass is 16.5. The fourth-order valence-corrected chi connectivity index (χ4v) is 1.49. The molecule has 100 valence electrons. The van der Waals surface area contributed by atoms with Crippen LogP contribution in [-0.2, 0) is 14.3 Å². The van der Waals surface area contributed by atoms with Gasteiger partial charge in [-0.15, -0.1) is 0 Å². The summed E-state index contributed by atoms with van der Waals surface area (Å²) in [4.78, 5) is 22.7. The number of aromatic nitrogens is 1. The minimum Gasteiger partial charge on any atom is -0.469 e. The summed E-state index contributed by atoms with van der Waals surface area (Å²) in [6.45, 7) is 3.87. The molecular weight excluding hydrogens is 236 g/mol. The Morgan fingerprint density at radius 1 is 1.44 bits per heavy atom. The highest BCUT2D eigenvalue weighted by molar-refractivity contribution is 5.89. The molecule has 0 unspecified atom stereocenters. The Hall–Kier alpha value is -1.98. The lowest BCUT2D eigenvalue weighted by atomic mass is 10.3. The molecule has 6 heteroatoms. The molecule has 0 aliphatic rings. The molecule has 0 saturated heterocycles. The van der Waals surface area contributed by atoms with Crippen LogP contribution >= 0.6 is 0 Å². The molecule has 0 saturated carbocycles. The zero-order valence-corrected chi connectivity index (χ0v) is 10.8. The number of hydrogen-bond acceptors (Lipinski definition) is 5. The van der Waals surface area contributed by atoms with Crippen LogP contribution in [0, 0.1) is 0 Å². The van der Waals surface area contributed by atoms with Crippen molar-refractivity contribution in [3.63, 3.8) is 0 Å². The van der Waals surface area contributed by atoms with Gasteiger partial charge in [-0.05, 0) is 19.9 Å². The van der Waals surface area contributed by atoms with Gasteiger partial charge in [-0.1, -0.05) is 0 Å². The van der Waals surface area contributed by atoms with Crippen LogP contribution < -0.4 is 5.73 Å². The first-order valence-electron chi connectivity index (χ1n) is 5.67. The summed E-state index contributed by atoms with van der Waals surface area (Å²) in [5.74, 6) is -0.911. The van der Waals surface area contributed by atoms with Crippen LogP contribution in [0.25, 0.3) is 0 Å². The van der Waals surface area contributed by atoms with Gasteiger partial charge in [0.05, 0.1) is 19.2 Å². The number of hydrogen-bond donors (Lipinski definition) is 1. The van der Waals surface area contributed by atoms with Crippen molar-refractivity contribution >= 4 is 17.6 Å². The predicted molar refractivity (Wildman–Crippen MR) is 66.1 cm³/mol. The third-order valence-corrected chi connectivity index (χ3v) is 2.40. The van der Waals surface area contributed by atoms with E-state index in [4.69, 9.17) is 10.5 Å². The summed E-state index contributed by atoms with van der Waals surface area (Å²) in [5, 5.41) is 0. The van der Waals surface area contributed by atoms with E-state index in [1.54, 1.807) is 16.8 Å². The number of ether oxygens (including phenoxy) is 2. The third kappa shape index (κ3) is 3.51. The lowest BCUT2D eigenvalue weighted by Gasteiger charge is -2.11. The van der Waals surface area contributed by atoms with Crippen molar-refractivity contribution in [2.24, 2.45) is 0 Å². The number of anilines is 1. The maximum absolute atomic E-state index is 11.8. The highest BCUT2D eigenvalue weighted by Crippen LogP contribution is 2.17. The molecule has 0 radical (unpaired) electrons. The molecule has 0 aromatic carbocycles. The molecule has 1 aromatic heterocycles. The molecule has 0 aliphatic heterocycles. The van der Waals surface area contributed by atoms with E-state index in [1.165, 1.54) is 7.11 Å². The maximum Gasteiger partial charge on any atom is 0.355 e. The van der Waals surface area contributed by atoms with Crippen molar-refractivity contribution in [1.29, 1.82) is 0 Å². The van der Waals surface area contributed by atoms with Crippen molar-refractivity contribution in [3.8, 4) is 0 Å². The highest BCUT2D eigenvalue weighted by Gasteiger charge is 2.16. The molecule has 1 aromatic rings. The summed E-state index contributed by atoms with van der Waals surface area (Å²) in [6, 6.07) is 1.66. The summed E-state index contributed by atoms with van der Waals surface area (Å²) < 4.78 is 11.2. The fraction of sp³-hybridized carbons (Fsp3) is 0.500. The van der Waals surface area contributed by atoms with E-state index < -0.39 is 11.9 Å². The quantitative estimate of drug-likeness (QED) is 0.802. The van der Waals surface area contributed by atoms with Crippen LogP contribution in [0.5, 0.6) is 0 Å². The SMILES string of the molecule is COC(=O)CCOC(=O)c1cc(N)cn1C(C)C. The molecule has 1 heterocycles. The Morgan fingerprint density at radius 2 is 2.11 bits per heavy atom. The maximum atomic E-state index is 11.8. The molecule has 0 aliphatic carbocycles. The Kier molecular flexibility index (Phi) is 4.76. The Balaban J connectivity index is 2.64. The third-order valence-electron chi connectivity index (χ3n) is 2.40. The average Bonchev–Trinajstić information content (AvgIpc) is 2.71. The van der Waals surface area contributed by atoms with E-state index in [-0.39, 0.29) is 19.1 Å². The number of methoxy groups -OCH3 is 1. The Morgan fingerprint density at radius 3 is 2.67 bits per heavy atom. The van der Waals surface area contributed by atoms with Crippen LogP contribution in [-0.4, -0.2) is 30.2 Å². The second-order valence-electron chi connectivity index (χ2n) is 4.12. The standard InChI is InChI=1S/C12H18N2O4/c1-8(2)14-7-9(13)6-10(14)12(16)18-5-4-11(15)17-3/h6-8H,4-5,13H2,1-3H3. The molecule has 6 nitrogen and oxygen atoms in total. The fourth-order valence-electron chi connectivity index (χ4n) is 1.49. The smallest absolute Gasteiger partial charge is 0.355 e. The molecule has 18 heavy (non-hydrogen) atoms. The number of esters is 2. The van der Waals surface area contributed by atoms with Crippen LogP contribution in [0.15, 0.2) is 12.3 Å². The van der Waals surface area contributed by atoms with Crippen LogP contribution in [0.4, 0.5) is 5.69 Å². The van der Waals surface area contributed by atoms with Crippen LogP contribution in [0.2, 0.25) is 0 Å². The second-order valence-corrected chi connectivity index (χ2v) is 4.12. The van der Waals surface area contributed by atoms with Gasteiger partial charge < -0.3 is 19.8 Å². The average molecular weight is 254 g/mol. The van der Waals surface area contributed by atoms with Gasteiger partial charge in [0.15, 0.2) is 0 Å². The molecule has 0 fully saturated rings. The molecule has 2 N–H and O–H groups in total. The van der Waals surface area contributed by atoms with Crippen molar-refractivity contribution in [1.82, 2.24) is 4.57 Å². The number of nitrogens with two attached hydrogens (primary N) is 1. The van der Waals surface area contributed by atoms with Gasteiger partial charge in [0.2, 0.25) is 0 Å². The van der Waals surface area contributed by atoms with E-state index in [1.807, 2.05) is 13.8 Å². The van der Waals surface area contributed by atoms with E-state index in [2.05, 4.69) is 4.74 Å². The number of nitrogens with zero attached hydrogens (tertiary/aromatic N) is 1. The number of rotatable bonds is 5. The minimum atomic E-state index is -0.496. The summed E-state index contributed by atoms with van der Waals surface area (Å²) in [5.41, 5.74) is 6.54. The molecule has 0 bridgehead atoms. The van der Waals surface area contributed by atoms with E-state index in [0.717, 1.165) is 0 Å². The summed E-state index contributed by atoms with van der Waals surface area (Å²) in [7, 11) is 1.29. The molecule has 0 atom stereocenters. The van der Waals surface area contributed by atoms with Gasteiger partial charge in [-0.25, -0.2) is 4.79 Å². The topological polar surface area (TPSA) is 83.6 Å². The van der Waals surface area contributed by atoms with Gasteiger partial charge in [0.1, 0.15) is 12.3 Å². The molecular formula is C12H18N2O4. The van der Waals surface area contributed by atoms with Crippen LogP contribution in [0.3, 0.4) is 0 Å². The molecule has 0 spiro atoms. The lowest BCUT2D eigenvalue weighted by molar-refractivity contribution is -0.141. The van der Waals surface area contributed by atoms with Crippen molar-refractivity contribution in [2.75, 3.05) is 19.5 Å². The Bertz CT molecular complexity index is 437. The zero-order valence-electron chi connectivity index (χ0n) is 10.8. The van der Waals surface area contributed by atoms with Gasteiger partial charge in [-0.2, -0.15) is 0 Å². The summed E-state index contributed by atoms with van der Waals surface area (Å²) >= 11 is 0. The van der Waals surface area contributed by atoms with Crippen molar-refractivity contribution in [2.45, 2.75) is 26.3 Å². The monoisotopic (exact) mass is 254 g/mol. The zero-order chi connectivity index (χ0) is 13.7. The first-order chi connectivity index (χ1) is 8.45. The second kappa shape index (κ2) is 6.09. The predicted octanol–water partition coefficient (Wildman–Crippen LogP) is 1.37.